The van der Waals surface area contributed by atoms with Crippen LogP contribution in [0, 0.1) is 6.92 Å². The van der Waals surface area contributed by atoms with Crippen molar-refractivity contribution in [3.63, 3.8) is 0 Å². The molecule has 0 saturated heterocycles. The average molecular weight is 266 g/mol. The molecule has 0 aliphatic rings. The summed E-state index contributed by atoms with van der Waals surface area (Å²) in [4.78, 5) is 11.5. The monoisotopic (exact) mass is 266 g/mol. The van der Waals surface area contributed by atoms with E-state index in [1.807, 2.05) is 25.1 Å². The third kappa shape index (κ3) is 5.61. The number of amides is 1. The first-order valence-corrected chi connectivity index (χ1v) is 6.31. The molecule has 0 atom stereocenters. The lowest BCUT2D eigenvalue weighted by molar-refractivity contribution is -0.121. The van der Waals surface area contributed by atoms with Crippen LogP contribution in [0.25, 0.3) is 0 Å². The summed E-state index contributed by atoms with van der Waals surface area (Å²) in [6, 6.07) is 5.90. The first-order valence-electron chi connectivity index (χ1n) is 6.31. The zero-order chi connectivity index (χ0) is 14.1. The van der Waals surface area contributed by atoms with Crippen LogP contribution in [0.3, 0.4) is 0 Å². The first-order chi connectivity index (χ1) is 9.17. The summed E-state index contributed by atoms with van der Waals surface area (Å²) >= 11 is 0. The van der Waals surface area contributed by atoms with Crippen molar-refractivity contribution in [1.29, 1.82) is 0 Å². The number of rotatable bonds is 8. The molecule has 0 heterocycles. The SMILES string of the molecule is COCCNC(=O)CCNc1cc(C)ccc1OC. The molecule has 0 aromatic heterocycles. The third-order valence-electron chi connectivity index (χ3n) is 2.65. The lowest BCUT2D eigenvalue weighted by Gasteiger charge is -2.12. The first kappa shape index (κ1) is 15.3. The molecule has 0 saturated carbocycles. The highest BCUT2D eigenvalue weighted by molar-refractivity contribution is 5.76. The van der Waals surface area contributed by atoms with E-state index in [2.05, 4.69) is 10.6 Å². The van der Waals surface area contributed by atoms with Gasteiger partial charge in [0.1, 0.15) is 5.75 Å². The molecular formula is C14H22N2O3. The Morgan fingerprint density at radius 3 is 2.74 bits per heavy atom. The van der Waals surface area contributed by atoms with Gasteiger partial charge in [0.25, 0.3) is 0 Å². The molecule has 106 valence electrons. The Morgan fingerprint density at radius 2 is 2.05 bits per heavy atom. The van der Waals surface area contributed by atoms with E-state index in [0.717, 1.165) is 17.0 Å². The minimum Gasteiger partial charge on any atom is -0.495 e. The maximum atomic E-state index is 11.5. The van der Waals surface area contributed by atoms with Crippen molar-refractivity contribution in [2.45, 2.75) is 13.3 Å². The fourth-order valence-electron chi connectivity index (χ4n) is 1.65. The summed E-state index contributed by atoms with van der Waals surface area (Å²) < 4.78 is 10.1. The Labute approximate surface area is 114 Å². The zero-order valence-electron chi connectivity index (χ0n) is 11.8. The quantitative estimate of drug-likeness (QED) is 0.701. The molecule has 0 spiro atoms. The largest absolute Gasteiger partial charge is 0.495 e. The third-order valence-corrected chi connectivity index (χ3v) is 2.65. The van der Waals surface area contributed by atoms with Crippen LogP contribution >= 0.6 is 0 Å². The second kappa shape index (κ2) is 8.37. The number of aryl methyl sites for hydroxylation is 1. The second-order valence-corrected chi connectivity index (χ2v) is 4.22. The van der Waals surface area contributed by atoms with E-state index >= 15 is 0 Å². The standard InChI is InChI=1S/C14H22N2O3/c1-11-4-5-13(19-3)12(10-11)15-7-6-14(17)16-8-9-18-2/h4-5,10,15H,6-9H2,1-3H3,(H,16,17). The maximum Gasteiger partial charge on any atom is 0.221 e. The number of hydrogen-bond acceptors (Lipinski definition) is 4. The highest BCUT2D eigenvalue weighted by Gasteiger charge is 2.04. The summed E-state index contributed by atoms with van der Waals surface area (Å²) in [7, 11) is 3.24. The molecule has 5 nitrogen and oxygen atoms in total. The molecule has 5 heteroatoms. The Kier molecular flexibility index (Phi) is 6.74. The number of hydrogen-bond donors (Lipinski definition) is 2. The van der Waals surface area contributed by atoms with E-state index in [1.165, 1.54) is 0 Å². The van der Waals surface area contributed by atoms with Crippen LogP contribution in [0.15, 0.2) is 18.2 Å². The van der Waals surface area contributed by atoms with E-state index < -0.39 is 0 Å². The van der Waals surface area contributed by atoms with Crippen LogP contribution < -0.4 is 15.4 Å². The van der Waals surface area contributed by atoms with Gasteiger partial charge in [0.15, 0.2) is 0 Å². The Bertz CT molecular complexity index is 408. The smallest absolute Gasteiger partial charge is 0.221 e. The molecule has 1 aromatic rings. The van der Waals surface area contributed by atoms with Gasteiger partial charge < -0.3 is 20.1 Å². The van der Waals surface area contributed by atoms with Crippen LogP contribution in [0.2, 0.25) is 0 Å². The summed E-state index contributed by atoms with van der Waals surface area (Å²) in [5, 5.41) is 5.98. The molecule has 0 radical (unpaired) electrons. The van der Waals surface area contributed by atoms with E-state index in [1.54, 1.807) is 14.2 Å². The van der Waals surface area contributed by atoms with Crippen LogP contribution in [0.4, 0.5) is 5.69 Å². The number of nitrogens with one attached hydrogen (secondary N) is 2. The summed E-state index contributed by atoms with van der Waals surface area (Å²) in [6.07, 6.45) is 0.417. The van der Waals surface area contributed by atoms with Gasteiger partial charge in [0.2, 0.25) is 5.91 Å². The Morgan fingerprint density at radius 1 is 1.26 bits per heavy atom. The van der Waals surface area contributed by atoms with E-state index in [0.29, 0.717) is 26.1 Å². The molecule has 0 fully saturated rings. The van der Waals surface area contributed by atoms with Gasteiger partial charge in [-0.3, -0.25) is 4.79 Å². The lowest BCUT2D eigenvalue weighted by atomic mass is 10.2. The predicted octanol–water partition coefficient (Wildman–Crippen LogP) is 1.57. The van der Waals surface area contributed by atoms with Gasteiger partial charge >= 0.3 is 0 Å². The van der Waals surface area contributed by atoms with Gasteiger partial charge in [0.05, 0.1) is 19.4 Å². The fraction of sp³-hybridized carbons (Fsp3) is 0.500. The molecule has 1 amide bonds. The number of methoxy groups -OCH3 is 2. The predicted molar refractivity (Wildman–Crippen MR) is 75.7 cm³/mol. The van der Waals surface area contributed by atoms with Crippen LogP contribution in [-0.2, 0) is 9.53 Å². The molecular weight excluding hydrogens is 244 g/mol. The molecule has 19 heavy (non-hydrogen) atoms. The van der Waals surface area contributed by atoms with Gasteiger partial charge in [-0.15, -0.1) is 0 Å². The molecule has 1 aromatic carbocycles. The van der Waals surface area contributed by atoms with Gasteiger partial charge in [-0.05, 0) is 24.6 Å². The second-order valence-electron chi connectivity index (χ2n) is 4.22. The van der Waals surface area contributed by atoms with Crippen LogP contribution in [-0.4, -0.2) is 39.8 Å². The molecule has 0 aliphatic heterocycles. The molecule has 1 rings (SSSR count). The van der Waals surface area contributed by atoms with Crippen LogP contribution in [0.5, 0.6) is 5.75 Å². The van der Waals surface area contributed by atoms with E-state index in [9.17, 15) is 4.79 Å². The number of carbonyl (C=O) groups excluding carboxylic acids is 1. The van der Waals surface area contributed by atoms with Gasteiger partial charge in [-0.1, -0.05) is 6.07 Å². The van der Waals surface area contributed by atoms with Gasteiger partial charge in [-0.2, -0.15) is 0 Å². The molecule has 0 aliphatic carbocycles. The van der Waals surface area contributed by atoms with Gasteiger partial charge in [0, 0.05) is 26.6 Å². The lowest BCUT2D eigenvalue weighted by Crippen LogP contribution is -2.28. The Balaban J connectivity index is 2.36. The molecule has 2 N–H and O–H groups in total. The average Bonchev–Trinajstić information content (AvgIpc) is 2.39. The summed E-state index contributed by atoms with van der Waals surface area (Å²) in [5.41, 5.74) is 2.06. The normalized spacial score (nSPS) is 10.1. The van der Waals surface area contributed by atoms with Crippen molar-refractivity contribution in [3.05, 3.63) is 23.8 Å². The maximum absolute atomic E-state index is 11.5. The van der Waals surface area contributed by atoms with Crippen molar-refractivity contribution < 1.29 is 14.3 Å². The number of ether oxygens (including phenoxy) is 2. The summed E-state index contributed by atoms with van der Waals surface area (Å²) in [5.74, 6) is 0.793. The molecule has 0 bridgehead atoms. The fourth-order valence-corrected chi connectivity index (χ4v) is 1.65. The van der Waals surface area contributed by atoms with Crippen molar-refractivity contribution >= 4 is 11.6 Å². The topological polar surface area (TPSA) is 59.6 Å². The van der Waals surface area contributed by atoms with Gasteiger partial charge in [-0.25, -0.2) is 0 Å². The van der Waals surface area contributed by atoms with Crippen molar-refractivity contribution in [1.82, 2.24) is 5.32 Å². The molecule has 0 unspecified atom stereocenters. The van der Waals surface area contributed by atoms with Crippen LogP contribution in [0.1, 0.15) is 12.0 Å². The number of benzene rings is 1. The number of anilines is 1. The highest BCUT2D eigenvalue weighted by Crippen LogP contribution is 2.24. The van der Waals surface area contributed by atoms with E-state index in [-0.39, 0.29) is 5.91 Å². The number of carbonyl (C=O) groups is 1. The minimum atomic E-state index is 0.0103. The minimum absolute atomic E-state index is 0.0103. The van der Waals surface area contributed by atoms with Crippen molar-refractivity contribution in [3.8, 4) is 5.75 Å². The van der Waals surface area contributed by atoms with E-state index in [4.69, 9.17) is 9.47 Å². The van der Waals surface area contributed by atoms with Crippen molar-refractivity contribution in [2.24, 2.45) is 0 Å². The Hall–Kier alpha value is -1.75. The van der Waals surface area contributed by atoms with Crippen molar-refractivity contribution in [2.75, 3.05) is 39.2 Å². The summed E-state index contributed by atoms with van der Waals surface area (Å²) in [6.45, 7) is 3.66. The zero-order valence-corrected chi connectivity index (χ0v) is 11.8. The highest BCUT2D eigenvalue weighted by atomic mass is 16.5.